The molecule has 0 unspecified atom stereocenters. The van der Waals surface area contributed by atoms with Gasteiger partial charge in [0.05, 0.1) is 6.07 Å². The molecule has 0 bridgehead atoms. The predicted molar refractivity (Wildman–Crippen MR) is 83.1 cm³/mol. The van der Waals surface area contributed by atoms with Crippen molar-refractivity contribution < 1.29 is 0 Å². The van der Waals surface area contributed by atoms with E-state index in [4.69, 9.17) is 5.26 Å². The van der Waals surface area contributed by atoms with E-state index in [1.165, 1.54) is 29.2 Å². The summed E-state index contributed by atoms with van der Waals surface area (Å²) < 4.78 is 0. The Morgan fingerprint density at radius 1 is 0.579 bits per heavy atom. The molecule has 0 saturated carbocycles. The zero-order chi connectivity index (χ0) is 14.7. The molecule has 0 saturated heterocycles. The molecule has 0 N–H and O–H groups in total. The van der Waals surface area contributed by atoms with Crippen molar-refractivity contribution in [2.24, 2.45) is 0 Å². The van der Waals surface area contributed by atoms with E-state index in [0.717, 1.165) is 0 Å². The highest BCUT2D eigenvalue weighted by molar-refractivity contribution is 5.20. The second-order valence-electron chi connectivity index (χ2n) is 4.53. The minimum absolute atomic E-state index is 1.33. The van der Waals surface area contributed by atoms with Crippen LogP contribution in [0.5, 0.6) is 0 Å². The van der Waals surface area contributed by atoms with E-state index in [-0.39, 0.29) is 0 Å². The SMILES string of the molecule is CC#N.Cc1ccc(C)cc1.Cc1ccc(C)cc1. The second kappa shape index (κ2) is 9.91. The standard InChI is InChI=1S/2C8H10.C2H3N/c2*1-7-3-5-8(2)6-4-7;1-2-3/h2*3-6H,1-2H3;1H3. The molecular weight excluding hydrogens is 230 g/mol. The number of nitrogens with zero attached hydrogens (tertiary/aromatic N) is 1. The Morgan fingerprint density at radius 2 is 0.684 bits per heavy atom. The first-order valence-corrected chi connectivity index (χ1v) is 6.37. The van der Waals surface area contributed by atoms with E-state index in [1.807, 2.05) is 0 Å². The minimum Gasteiger partial charge on any atom is -0.199 e. The molecule has 0 aliphatic carbocycles. The predicted octanol–water partition coefficient (Wildman–Crippen LogP) is 5.14. The number of benzene rings is 2. The van der Waals surface area contributed by atoms with Gasteiger partial charge >= 0.3 is 0 Å². The van der Waals surface area contributed by atoms with Gasteiger partial charge < -0.3 is 0 Å². The van der Waals surface area contributed by atoms with E-state index in [1.54, 1.807) is 6.07 Å². The first-order valence-electron chi connectivity index (χ1n) is 6.37. The molecule has 0 aromatic heterocycles. The van der Waals surface area contributed by atoms with Crippen molar-refractivity contribution in [3.63, 3.8) is 0 Å². The van der Waals surface area contributed by atoms with Crippen LogP contribution in [0.4, 0.5) is 0 Å². The molecule has 19 heavy (non-hydrogen) atoms. The van der Waals surface area contributed by atoms with Crippen LogP contribution >= 0.6 is 0 Å². The third-order valence-electron chi connectivity index (χ3n) is 2.44. The number of hydrogen-bond donors (Lipinski definition) is 0. The van der Waals surface area contributed by atoms with E-state index in [0.29, 0.717) is 0 Å². The van der Waals surface area contributed by atoms with E-state index in [9.17, 15) is 0 Å². The molecule has 1 nitrogen and oxygen atoms in total. The highest BCUT2D eigenvalue weighted by Gasteiger charge is 1.80. The summed E-state index contributed by atoms with van der Waals surface area (Å²) in [6, 6.07) is 18.7. The van der Waals surface area contributed by atoms with Crippen LogP contribution in [-0.4, -0.2) is 0 Å². The Kier molecular flexibility index (Phi) is 8.83. The van der Waals surface area contributed by atoms with Gasteiger partial charge in [0.1, 0.15) is 0 Å². The van der Waals surface area contributed by atoms with Gasteiger partial charge in [-0.25, -0.2) is 0 Å². The Bertz CT molecular complexity index is 401. The van der Waals surface area contributed by atoms with Gasteiger partial charge in [-0.3, -0.25) is 0 Å². The van der Waals surface area contributed by atoms with Gasteiger partial charge in [-0.1, -0.05) is 70.8 Å². The molecule has 0 amide bonds. The Labute approximate surface area is 117 Å². The summed E-state index contributed by atoms with van der Waals surface area (Å²) >= 11 is 0. The minimum atomic E-state index is 1.33. The zero-order valence-electron chi connectivity index (χ0n) is 12.6. The quantitative estimate of drug-likeness (QED) is 0.638. The van der Waals surface area contributed by atoms with Gasteiger partial charge in [0.25, 0.3) is 0 Å². The Hall–Kier alpha value is -2.07. The van der Waals surface area contributed by atoms with Crippen molar-refractivity contribution in [1.82, 2.24) is 0 Å². The fraction of sp³-hybridized carbons (Fsp3) is 0.278. The van der Waals surface area contributed by atoms with Gasteiger partial charge in [-0.15, -0.1) is 0 Å². The summed E-state index contributed by atoms with van der Waals surface area (Å²) in [7, 11) is 0. The van der Waals surface area contributed by atoms with Crippen LogP contribution in [0.3, 0.4) is 0 Å². The van der Waals surface area contributed by atoms with Crippen LogP contribution in [0.1, 0.15) is 29.2 Å². The first kappa shape index (κ1) is 16.9. The van der Waals surface area contributed by atoms with Gasteiger partial charge in [0, 0.05) is 6.92 Å². The molecule has 0 spiro atoms. The molecule has 0 fully saturated rings. The first-order chi connectivity index (χ1) is 8.99. The third kappa shape index (κ3) is 9.62. The fourth-order valence-corrected chi connectivity index (χ4v) is 1.27. The van der Waals surface area contributed by atoms with Crippen molar-refractivity contribution in [3.8, 4) is 6.07 Å². The fourth-order valence-electron chi connectivity index (χ4n) is 1.27. The van der Waals surface area contributed by atoms with E-state index >= 15 is 0 Å². The normalized spacial score (nSPS) is 8.21. The number of aryl methyl sites for hydroxylation is 4. The lowest BCUT2D eigenvalue weighted by Gasteiger charge is -1.90. The molecule has 0 atom stereocenters. The topological polar surface area (TPSA) is 23.8 Å². The molecular formula is C18H23N. The van der Waals surface area contributed by atoms with Gasteiger partial charge in [-0.05, 0) is 27.7 Å². The lowest BCUT2D eigenvalue weighted by molar-refractivity contribution is 1.40. The van der Waals surface area contributed by atoms with Crippen molar-refractivity contribution in [2.45, 2.75) is 34.6 Å². The van der Waals surface area contributed by atoms with Crippen molar-refractivity contribution in [2.75, 3.05) is 0 Å². The molecule has 2 aromatic carbocycles. The molecule has 0 aliphatic heterocycles. The van der Waals surface area contributed by atoms with Crippen LogP contribution in [0.15, 0.2) is 48.5 Å². The molecule has 1 heteroatoms. The van der Waals surface area contributed by atoms with Crippen molar-refractivity contribution in [3.05, 3.63) is 70.8 Å². The summed E-state index contributed by atoms with van der Waals surface area (Å²) in [4.78, 5) is 0. The Balaban J connectivity index is 0.000000284. The lowest BCUT2D eigenvalue weighted by atomic mass is 10.2. The zero-order valence-corrected chi connectivity index (χ0v) is 12.6. The van der Waals surface area contributed by atoms with Crippen LogP contribution in [0.2, 0.25) is 0 Å². The number of nitriles is 1. The Morgan fingerprint density at radius 3 is 0.789 bits per heavy atom. The largest absolute Gasteiger partial charge is 0.199 e. The van der Waals surface area contributed by atoms with Gasteiger partial charge in [0.15, 0.2) is 0 Å². The molecule has 0 heterocycles. The summed E-state index contributed by atoms with van der Waals surface area (Å²) in [5.74, 6) is 0. The number of hydrogen-bond acceptors (Lipinski definition) is 1. The average molecular weight is 253 g/mol. The molecule has 100 valence electrons. The lowest BCUT2D eigenvalue weighted by Crippen LogP contribution is -1.70. The highest BCUT2D eigenvalue weighted by atomic mass is 14.2. The average Bonchev–Trinajstić information content (AvgIpc) is 2.38. The summed E-state index contributed by atoms with van der Waals surface area (Å²) in [5, 5.41) is 7.32. The molecule has 2 rings (SSSR count). The summed E-state index contributed by atoms with van der Waals surface area (Å²) in [6.45, 7) is 9.82. The molecule has 0 aliphatic rings. The van der Waals surface area contributed by atoms with Crippen LogP contribution < -0.4 is 0 Å². The molecule has 2 aromatic rings. The smallest absolute Gasteiger partial charge is 0.0587 e. The molecule has 0 radical (unpaired) electrons. The monoisotopic (exact) mass is 253 g/mol. The maximum atomic E-state index is 7.32. The van der Waals surface area contributed by atoms with E-state index in [2.05, 4.69) is 76.2 Å². The summed E-state index contributed by atoms with van der Waals surface area (Å²) in [5.41, 5.74) is 5.32. The maximum absolute atomic E-state index is 7.32. The summed E-state index contributed by atoms with van der Waals surface area (Å²) in [6.07, 6.45) is 0. The highest BCUT2D eigenvalue weighted by Crippen LogP contribution is 2.00. The second-order valence-corrected chi connectivity index (χ2v) is 4.53. The van der Waals surface area contributed by atoms with Crippen LogP contribution in [0, 0.1) is 39.0 Å². The van der Waals surface area contributed by atoms with Gasteiger partial charge in [0.2, 0.25) is 0 Å². The third-order valence-corrected chi connectivity index (χ3v) is 2.44. The number of rotatable bonds is 0. The van der Waals surface area contributed by atoms with Crippen LogP contribution in [0.25, 0.3) is 0 Å². The van der Waals surface area contributed by atoms with Crippen molar-refractivity contribution >= 4 is 0 Å². The van der Waals surface area contributed by atoms with Gasteiger partial charge in [-0.2, -0.15) is 5.26 Å². The van der Waals surface area contributed by atoms with Crippen molar-refractivity contribution in [1.29, 1.82) is 5.26 Å². The maximum Gasteiger partial charge on any atom is 0.0587 e. The van der Waals surface area contributed by atoms with E-state index < -0.39 is 0 Å². The van der Waals surface area contributed by atoms with Crippen LogP contribution in [-0.2, 0) is 0 Å².